The van der Waals surface area contributed by atoms with Crippen LogP contribution in [0.25, 0.3) is 43.8 Å². The van der Waals surface area contributed by atoms with E-state index in [0.717, 1.165) is 24.3 Å². The van der Waals surface area contributed by atoms with Crippen LogP contribution < -0.4 is 9.47 Å². The second-order valence-electron chi connectivity index (χ2n) is 20.1. The normalized spacial score (nSPS) is 12.2. The van der Waals surface area contributed by atoms with Gasteiger partial charge < -0.3 is 9.47 Å². The van der Waals surface area contributed by atoms with E-state index in [1.54, 1.807) is 37.6 Å². The molecule has 0 unspecified atom stereocenters. The van der Waals surface area contributed by atoms with Crippen LogP contribution in [0.4, 0.5) is 0 Å². The predicted octanol–water partition coefficient (Wildman–Crippen LogP) is 15.0. The molecule has 0 N–H and O–H groups in total. The van der Waals surface area contributed by atoms with Crippen LogP contribution in [0.2, 0.25) is 13.1 Å². The van der Waals surface area contributed by atoms with Crippen molar-refractivity contribution in [2.24, 2.45) is 10.8 Å². The zero-order valence-electron chi connectivity index (χ0n) is 37.5. The summed E-state index contributed by atoms with van der Waals surface area (Å²) in [6.45, 7) is 31.9. The molecule has 4 heteroatoms. The standard InChI is InChI=1S/2C25H31O.C2H6Si.Zr/c2*1-24(2,3)16-17-13-19-15-21(25(4,5)6)23(26-7)22(20(19)14-17)18-11-9-8-10-12-18;1-3-2;/h2*8-15H,16H2,1-7H3;1-2H3;/q2*-1;;+2. The summed E-state index contributed by atoms with van der Waals surface area (Å²) in [7, 11) is 3.59. The van der Waals surface area contributed by atoms with E-state index in [1.807, 2.05) is 0 Å². The Morgan fingerprint density at radius 2 is 0.821 bits per heavy atom. The topological polar surface area (TPSA) is 18.5 Å². The number of ether oxygens (including phenoxy) is 2. The summed E-state index contributed by atoms with van der Waals surface area (Å²) in [4.78, 5) is 0. The van der Waals surface area contributed by atoms with Crippen molar-refractivity contribution >= 4 is 27.0 Å². The molecule has 0 aliphatic heterocycles. The van der Waals surface area contributed by atoms with E-state index in [9.17, 15) is 0 Å². The average Bonchev–Trinajstić information content (AvgIpc) is 3.67. The molecule has 0 saturated carbocycles. The molecule has 0 heterocycles. The third kappa shape index (κ3) is 11.9. The van der Waals surface area contributed by atoms with Gasteiger partial charge in [-0.05, 0) is 67.9 Å². The zero-order valence-corrected chi connectivity index (χ0v) is 40.9. The quantitative estimate of drug-likeness (QED) is 0.123. The molecule has 6 rings (SSSR count). The van der Waals surface area contributed by atoms with Crippen molar-refractivity contribution in [3.05, 3.63) is 119 Å². The van der Waals surface area contributed by atoms with Crippen LogP contribution in [0, 0.1) is 10.8 Å². The van der Waals surface area contributed by atoms with Crippen LogP contribution in [0.1, 0.15) is 105 Å². The number of methoxy groups -OCH3 is 2. The molecule has 0 saturated heterocycles. The van der Waals surface area contributed by atoms with Crippen molar-refractivity contribution < 1.29 is 32.8 Å². The summed E-state index contributed by atoms with van der Waals surface area (Å²) in [5, 5.41) is 5.21. The molecule has 0 atom stereocenters. The SMILES string of the molecule is COc1c(C(C)(C)C)cc2[cH-]c(CC(C)(C)C)cc2c1-c1ccccc1.COc1c(C(C)(C)C)cc2[cH-]c(CC(C)(C)C)cc2c1-c1ccccc1.C[Si](C)=[Zr+2]. The van der Waals surface area contributed by atoms with Crippen LogP contribution >= 0.6 is 0 Å². The molecule has 0 spiro atoms. The predicted molar refractivity (Wildman–Crippen MR) is 244 cm³/mol. The van der Waals surface area contributed by atoms with Crippen LogP contribution in [0.15, 0.2) is 97.1 Å². The fourth-order valence-corrected chi connectivity index (χ4v) is 7.55. The van der Waals surface area contributed by atoms with Crippen LogP contribution in [0.5, 0.6) is 11.5 Å². The monoisotopic (exact) mass is 842 g/mol. The van der Waals surface area contributed by atoms with E-state index in [0.29, 0.717) is 0 Å². The van der Waals surface area contributed by atoms with Gasteiger partial charge in [0, 0.05) is 0 Å². The van der Waals surface area contributed by atoms with Crippen molar-refractivity contribution in [3.63, 3.8) is 0 Å². The number of hydrogen-bond acceptors (Lipinski definition) is 2. The summed E-state index contributed by atoms with van der Waals surface area (Å²) in [6, 6.07) is 35.4. The van der Waals surface area contributed by atoms with E-state index >= 15 is 0 Å². The van der Waals surface area contributed by atoms with E-state index < -0.39 is 0 Å². The first kappa shape index (κ1) is 45.5. The summed E-state index contributed by atoms with van der Waals surface area (Å²) < 4.78 is 12.0. The summed E-state index contributed by atoms with van der Waals surface area (Å²) >= 11 is 1.74. The Hall–Kier alpha value is -3.20. The number of hydrogen-bond donors (Lipinski definition) is 0. The summed E-state index contributed by atoms with van der Waals surface area (Å²) in [6.07, 6.45) is 2.14. The van der Waals surface area contributed by atoms with Crippen molar-refractivity contribution in [1.29, 1.82) is 0 Å². The third-order valence-electron chi connectivity index (χ3n) is 9.66. The number of rotatable bonds is 6. The molecular weight excluding hydrogens is 776 g/mol. The van der Waals surface area contributed by atoms with Gasteiger partial charge in [-0.2, -0.15) is 12.1 Å². The second kappa shape index (κ2) is 18.2. The Morgan fingerprint density at radius 1 is 0.518 bits per heavy atom. The van der Waals surface area contributed by atoms with Crippen molar-refractivity contribution in [2.75, 3.05) is 14.2 Å². The first-order chi connectivity index (χ1) is 25.9. The van der Waals surface area contributed by atoms with Gasteiger partial charge in [0.2, 0.25) is 0 Å². The van der Waals surface area contributed by atoms with E-state index in [1.165, 1.54) is 66.1 Å². The Balaban J connectivity index is 0.000000227. The molecule has 0 radical (unpaired) electrons. The van der Waals surface area contributed by atoms with Gasteiger partial charge >= 0.3 is 41.9 Å². The van der Waals surface area contributed by atoms with Crippen LogP contribution in [-0.2, 0) is 47.0 Å². The Morgan fingerprint density at radius 3 is 1.07 bits per heavy atom. The molecule has 0 fully saturated rings. The Kier molecular flexibility index (Phi) is 14.8. The molecule has 0 amide bonds. The second-order valence-corrected chi connectivity index (χ2v) is 29.5. The van der Waals surface area contributed by atoms with E-state index in [-0.39, 0.29) is 27.1 Å². The molecule has 296 valence electrons. The fraction of sp³-hybridized carbons (Fsp3) is 0.423. The molecular formula is C52H68O2SiZr. The van der Waals surface area contributed by atoms with Gasteiger partial charge in [-0.1, -0.05) is 144 Å². The first-order valence-corrected chi connectivity index (χ1v) is 26.4. The van der Waals surface area contributed by atoms with Crippen molar-refractivity contribution in [3.8, 4) is 33.8 Å². The molecule has 56 heavy (non-hydrogen) atoms. The first-order valence-electron chi connectivity index (χ1n) is 20.2. The van der Waals surface area contributed by atoms with Gasteiger partial charge in [-0.25, -0.2) is 0 Å². The van der Waals surface area contributed by atoms with Gasteiger partial charge in [0.1, 0.15) is 11.5 Å². The molecule has 2 nitrogen and oxygen atoms in total. The van der Waals surface area contributed by atoms with Gasteiger partial charge in [-0.15, -0.1) is 56.9 Å². The van der Waals surface area contributed by atoms with Crippen molar-refractivity contribution in [2.45, 2.75) is 120 Å². The molecule has 0 aromatic heterocycles. The number of benzene rings is 4. The Labute approximate surface area is 355 Å². The van der Waals surface area contributed by atoms with Crippen molar-refractivity contribution in [1.82, 2.24) is 0 Å². The fourth-order valence-electron chi connectivity index (χ4n) is 7.55. The van der Waals surface area contributed by atoms with E-state index in [2.05, 4.69) is 193 Å². The minimum absolute atomic E-state index is 0.0184. The molecule has 6 aromatic carbocycles. The number of fused-ring (bicyclic) bond motifs is 2. The molecule has 0 aliphatic carbocycles. The molecule has 6 aromatic rings. The maximum atomic E-state index is 5.98. The van der Waals surface area contributed by atoms with Gasteiger partial charge in [0.25, 0.3) is 0 Å². The molecule has 0 bridgehead atoms. The average molecular weight is 844 g/mol. The Bertz CT molecular complexity index is 2070. The van der Waals surface area contributed by atoms with Crippen LogP contribution in [-0.4, -0.2) is 19.7 Å². The third-order valence-corrected chi connectivity index (χ3v) is 9.66. The summed E-state index contributed by atoms with van der Waals surface area (Å²) in [5.74, 6) is 2.01. The minimum atomic E-state index is 0.0184. The molecule has 0 aliphatic rings. The van der Waals surface area contributed by atoms with Gasteiger partial charge in [-0.3, -0.25) is 0 Å². The van der Waals surface area contributed by atoms with E-state index in [4.69, 9.17) is 9.47 Å². The van der Waals surface area contributed by atoms with Crippen LogP contribution in [0.3, 0.4) is 0 Å². The van der Waals surface area contributed by atoms with Gasteiger partial charge in [0.05, 0.1) is 14.2 Å². The zero-order chi connectivity index (χ0) is 41.8. The maximum absolute atomic E-state index is 5.98. The van der Waals surface area contributed by atoms with Gasteiger partial charge in [0.15, 0.2) is 0 Å². The summed E-state index contributed by atoms with van der Waals surface area (Å²) in [5.41, 5.74) is 11.0.